The maximum Gasteiger partial charge on any atom is 0.212 e. The minimum absolute atomic E-state index is 0.112. The van der Waals surface area contributed by atoms with Crippen molar-refractivity contribution in [2.24, 2.45) is 0 Å². The third-order valence-electron chi connectivity index (χ3n) is 3.33. The van der Waals surface area contributed by atoms with Crippen LogP contribution in [0.2, 0.25) is 0 Å². The van der Waals surface area contributed by atoms with Gasteiger partial charge in [0.25, 0.3) is 0 Å². The number of aromatic nitrogens is 2. The molecule has 0 spiro atoms. The topological polar surface area (TPSA) is 46.1 Å². The van der Waals surface area contributed by atoms with E-state index < -0.39 is 0 Å². The highest BCUT2D eigenvalue weighted by atomic mass is 16.1. The van der Waals surface area contributed by atoms with Gasteiger partial charge in [0, 0.05) is 25.3 Å². The van der Waals surface area contributed by atoms with Gasteiger partial charge in [0.05, 0.1) is 17.2 Å². The second-order valence-electron chi connectivity index (χ2n) is 5.01. The van der Waals surface area contributed by atoms with Crippen LogP contribution in [-0.2, 0) is 0 Å². The second-order valence-corrected chi connectivity index (χ2v) is 5.01. The molecule has 4 heteroatoms. The van der Waals surface area contributed by atoms with Gasteiger partial charge in [-0.1, -0.05) is 12.1 Å². The Kier molecular flexibility index (Phi) is 3.36. The largest absolute Gasteiger partial charge is 0.378 e. The van der Waals surface area contributed by atoms with Gasteiger partial charge >= 0.3 is 0 Å². The van der Waals surface area contributed by atoms with E-state index in [1.54, 1.807) is 0 Å². The Morgan fingerprint density at radius 3 is 2.29 bits per heavy atom. The first kappa shape index (κ1) is 13.2. The van der Waals surface area contributed by atoms with Crippen LogP contribution in [0.5, 0.6) is 0 Å². The molecule has 0 aliphatic heterocycles. The number of carbonyl (C=O) groups excluding carboxylic acids is 1. The van der Waals surface area contributed by atoms with E-state index in [0.717, 1.165) is 16.7 Å². The van der Waals surface area contributed by atoms with Crippen molar-refractivity contribution < 1.29 is 4.79 Å². The first-order valence-electron chi connectivity index (χ1n) is 6.69. The third kappa shape index (κ3) is 2.60. The summed E-state index contributed by atoms with van der Waals surface area (Å²) >= 11 is 0. The van der Waals surface area contributed by atoms with Gasteiger partial charge in [-0.05, 0) is 36.4 Å². The van der Waals surface area contributed by atoms with Gasteiger partial charge in [-0.25, -0.2) is 4.98 Å². The molecule has 0 atom stereocenters. The van der Waals surface area contributed by atoms with Crippen LogP contribution in [0, 0.1) is 0 Å². The minimum atomic E-state index is -0.112. The molecule has 1 heterocycles. The van der Waals surface area contributed by atoms with Gasteiger partial charge in [-0.3, -0.25) is 9.78 Å². The molecule has 21 heavy (non-hydrogen) atoms. The van der Waals surface area contributed by atoms with Gasteiger partial charge in [0.2, 0.25) is 5.78 Å². The monoisotopic (exact) mass is 277 g/mol. The molecule has 1 aromatic heterocycles. The Morgan fingerprint density at radius 2 is 1.62 bits per heavy atom. The number of nitrogens with zero attached hydrogens (tertiary/aromatic N) is 3. The van der Waals surface area contributed by atoms with E-state index >= 15 is 0 Å². The SMILES string of the molecule is CN(C)c1ccc(C(=O)c2cnc3ccccc3n2)cc1. The summed E-state index contributed by atoms with van der Waals surface area (Å²) in [6, 6.07) is 15.0. The van der Waals surface area contributed by atoms with Crippen molar-refractivity contribution in [1.29, 1.82) is 0 Å². The van der Waals surface area contributed by atoms with Crippen LogP contribution in [-0.4, -0.2) is 29.8 Å². The van der Waals surface area contributed by atoms with Crippen LogP contribution in [0.1, 0.15) is 16.1 Å². The van der Waals surface area contributed by atoms with E-state index in [-0.39, 0.29) is 5.78 Å². The Bertz CT molecular complexity index is 794. The Hall–Kier alpha value is -2.75. The number of ketones is 1. The van der Waals surface area contributed by atoms with Gasteiger partial charge in [-0.15, -0.1) is 0 Å². The van der Waals surface area contributed by atoms with Crippen molar-refractivity contribution in [3.05, 3.63) is 66.0 Å². The average Bonchev–Trinajstić information content (AvgIpc) is 2.54. The highest BCUT2D eigenvalue weighted by molar-refractivity contribution is 6.08. The predicted octanol–water partition coefficient (Wildman–Crippen LogP) is 2.93. The molecule has 0 unspecified atom stereocenters. The number of rotatable bonds is 3. The van der Waals surface area contributed by atoms with Crippen molar-refractivity contribution in [2.45, 2.75) is 0 Å². The number of carbonyl (C=O) groups is 1. The summed E-state index contributed by atoms with van der Waals surface area (Å²) in [7, 11) is 3.93. The van der Waals surface area contributed by atoms with Crippen LogP contribution in [0.15, 0.2) is 54.7 Å². The normalized spacial score (nSPS) is 10.6. The van der Waals surface area contributed by atoms with E-state index in [1.807, 2.05) is 67.5 Å². The fourth-order valence-corrected chi connectivity index (χ4v) is 2.13. The molecule has 0 aliphatic carbocycles. The van der Waals surface area contributed by atoms with E-state index in [1.165, 1.54) is 6.20 Å². The van der Waals surface area contributed by atoms with E-state index in [4.69, 9.17) is 0 Å². The quantitative estimate of drug-likeness (QED) is 0.691. The molecular formula is C17H15N3O. The zero-order valence-electron chi connectivity index (χ0n) is 11.9. The van der Waals surface area contributed by atoms with Crippen LogP contribution in [0.25, 0.3) is 11.0 Å². The van der Waals surface area contributed by atoms with Gasteiger partial charge in [-0.2, -0.15) is 0 Å². The van der Waals surface area contributed by atoms with Crippen LogP contribution in [0.3, 0.4) is 0 Å². The fraction of sp³-hybridized carbons (Fsp3) is 0.118. The molecule has 2 aromatic carbocycles. The first-order valence-corrected chi connectivity index (χ1v) is 6.69. The molecule has 0 saturated carbocycles. The van der Waals surface area contributed by atoms with Crippen LogP contribution < -0.4 is 4.90 Å². The molecule has 0 N–H and O–H groups in total. The summed E-state index contributed by atoms with van der Waals surface area (Å²) in [6.07, 6.45) is 1.53. The van der Waals surface area contributed by atoms with Crippen molar-refractivity contribution in [1.82, 2.24) is 9.97 Å². The molecule has 0 saturated heterocycles. The molecule has 0 fully saturated rings. The third-order valence-corrected chi connectivity index (χ3v) is 3.33. The Morgan fingerprint density at radius 1 is 0.952 bits per heavy atom. The van der Waals surface area contributed by atoms with Gasteiger partial charge in [0.15, 0.2) is 0 Å². The lowest BCUT2D eigenvalue weighted by Crippen LogP contribution is -2.09. The molecule has 3 rings (SSSR count). The highest BCUT2D eigenvalue weighted by Crippen LogP contribution is 2.16. The first-order chi connectivity index (χ1) is 10.1. The smallest absolute Gasteiger partial charge is 0.212 e. The van der Waals surface area contributed by atoms with Gasteiger partial charge < -0.3 is 4.90 Å². The number of hydrogen-bond donors (Lipinski definition) is 0. The maximum absolute atomic E-state index is 12.5. The summed E-state index contributed by atoms with van der Waals surface area (Å²) in [4.78, 5) is 23.1. The lowest BCUT2D eigenvalue weighted by Gasteiger charge is -2.12. The Labute approximate surface area is 123 Å². The molecule has 4 nitrogen and oxygen atoms in total. The number of fused-ring (bicyclic) bond motifs is 1. The molecule has 0 aliphatic rings. The van der Waals surface area contributed by atoms with Crippen molar-refractivity contribution in [3.8, 4) is 0 Å². The minimum Gasteiger partial charge on any atom is -0.378 e. The van der Waals surface area contributed by atoms with Crippen LogP contribution >= 0.6 is 0 Å². The number of para-hydroxylation sites is 2. The maximum atomic E-state index is 12.5. The van der Waals surface area contributed by atoms with E-state index in [2.05, 4.69) is 9.97 Å². The summed E-state index contributed by atoms with van der Waals surface area (Å²) in [5.74, 6) is -0.112. The fourth-order valence-electron chi connectivity index (χ4n) is 2.13. The lowest BCUT2D eigenvalue weighted by molar-refractivity contribution is 0.103. The van der Waals surface area contributed by atoms with E-state index in [0.29, 0.717) is 11.3 Å². The molecule has 0 radical (unpaired) electrons. The zero-order chi connectivity index (χ0) is 14.8. The summed E-state index contributed by atoms with van der Waals surface area (Å²) in [5.41, 5.74) is 3.55. The van der Waals surface area contributed by atoms with Gasteiger partial charge in [0.1, 0.15) is 5.69 Å². The summed E-state index contributed by atoms with van der Waals surface area (Å²) < 4.78 is 0. The Balaban J connectivity index is 1.95. The predicted molar refractivity (Wildman–Crippen MR) is 83.7 cm³/mol. The number of hydrogen-bond acceptors (Lipinski definition) is 4. The van der Waals surface area contributed by atoms with Crippen molar-refractivity contribution in [3.63, 3.8) is 0 Å². The second kappa shape index (κ2) is 5.32. The zero-order valence-corrected chi connectivity index (χ0v) is 11.9. The van der Waals surface area contributed by atoms with Crippen molar-refractivity contribution in [2.75, 3.05) is 19.0 Å². The molecule has 3 aromatic rings. The molecule has 0 bridgehead atoms. The molecule has 0 amide bonds. The van der Waals surface area contributed by atoms with Crippen molar-refractivity contribution >= 4 is 22.5 Å². The molecular weight excluding hydrogens is 262 g/mol. The molecule has 104 valence electrons. The van der Waals surface area contributed by atoms with E-state index in [9.17, 15) is 4.79 Å². The number of benzene rings is 2. The lowest BCUT2D eigenvalue weighted by atomic mass is 10.1. The average molecular weight is 277 g/mol. The highest BCUT2D eigenvalue weighted by Gasteiger charge is 2.12. The summed E-state index contributed by atoms with van der Waals surface area (Å²) in [6.45, 7) is 0. The number of anilines is 1. The van der Waals surface area contributed by atoms with Crippen LogP contribution in [0.4, 0.5) is 5.69 Å². The summed E-state index contributed by atoms with van der Waals surface area (Å²) in [5, 5.41) is 0. The standard InChI is InChI=1S/C17H15N3O/c1-20(2)13-9-7-12(8-10-13)17(21)16-11-18-14-5-3-4-6-15(14)19-16/h3-11H,1-2H3.